The molecule has 0 bridgehead atoms. The van der Waals surface area contributed by atoms with Crippen molar-refractivity contribution in [2.75, 3.05) is 6.26 Å². The summed E-state index contributed by atoms with van der Waals surface area (Å²) in [4.78, 5) is 0.219. The van der Waals surface area contributed by atoms with E-state index in [2.05, 4.69) is 5.10 Å². The number of rotatable bonds is 2. The second-order valence-corrected chi connectivity index (χ2v) is 4.32. The topological polar surface area (TPSA) is 17.8 Å². The number of aromatic nitrogens is 2. The van der Waals surface area contributed by atoms with Gasteiger partial charge in [0.25, 0.3) is 0 Å². The molecule has 0 aliphatic heterocycles. The van der Waals surface area contributed by atoms with E-state index in [4.69, 9.17) is 0 Å². The van der Waals surface area contributed by atoms with Gasteiger partial charge in [0.15, 0.2) is 5.69 Å². The zero-order chi connectivity index (χ0) is 11.8. The summed E-state index contributed by atoms with van der Waals surface area (Å²) >= 11 is 1.08. The van der Waals surface area contributed by atoms with Crippen molar-refractivity contribution in [2.45, 2.75) is 37.9 Å². The van der Waals surface area contributed by atoms with Crippen molar-refractivity contribution in [1.29, 1.82) is 0 Å². The minimum Gasteiger partial charge on any atom is -0.266 e. The normalized spacial score (nSPS) is 12.5. The molecule has 0 unspecified atom stereocenters. The third-order valence-corrected chi connectivity index (χ3v) is 2.95. The van der Waals surface area contributed by atoms with Crippen LogP contribution in [0, 0.1) is 6.92 Å². The van der Waals surface area contributed by atoms with Crippen LogP contribution in [0.5, 0.6) is 0 Å². The van der Waals surface area contributed by atoms with Crippen molar-refractivity contribution >= 4 is 11.8 Å². The van der Waals surface area contributed by atoms with Crippen LogP contribution in [0.25, 0.3) is 0 Å². The maximum Gasteiger partial charge on any atom is 0.436 e. The monoisotopic (exact) mass is 238 g/mol. The molecule has 0 spiro atoms. The smallest absolute Gasteiger partial charge is 0.266 e. The molecule has 15 heavy (non-hydrogen) atoms. The van der Waals surface area contributed by atoms with Crippen LogP contribution in [0.15, 0.2) is 4.90 Å². The highest BCUT2D eigenvalue weighted by atomic mass is 32.2. The van der Waals surface area contributed by atoms with E-state index in [1.165, 1.54) is 4.68 Å². The summed E-state index contributed by atoms with van der Waals surface area (Å²) in [5.74, 6) is 0. The lowest BCUT2D eigenvalue weighted by Gasteiger charge is -2.07. The van der Waals surface area contributed by atoms with Gasteiger partial charge in [-0.05, 0) is 27.0 Å². The van der Waals surface area contributed by atoms with E-state index < -0.39 is 11.9 Å². The lowest BCUT2D eigenvalue weighted by atomic mass is 10.3. The van der Waals surface area contributed by atoms with E-state index in [0.29, 0.717) is 5.69 Å². The first-order chi connectivity index (χ1) is 6.79. The van der Waals surface area contributed by atoms with Crippen molar-refractivity contribution in [3.63, 3.8) is 0 Å². The van der Waals surface area contributed by atoms with Crippen LogP contribution in [0.1, 0.15) is 31.3 Å². The molecule has 0 radical (unpaired) electrons. The Morgan fingerprint density at radius 1 is 1.33 bits per heavy atom. The van der Waals surface area contributed by atoms with Crippen LogP contribution >= 0.6 is 11.8 Å². The van der Waals surface area contributed by atoms with Crippen LogP contribution in [-0.4, -0.2) is 16.0 Å². The summed E-state index contributed by atoms with van der Waals surface area (Å²) < 4.78 is 39.2. The molecule has 0 amide bonds. The van der Waals surface area contributed by atoms with Crippen LogP contribution in [0.3, 0.4) is 0 Å². The number of alkyl halides is 3. The Morgan fingerprint density at radius 2 is 1.87 bits per heavy atom. The van der Waals surface area contributed by atoms with Crippen molar-refractivity contribution in [3.8, 4) is 0 Å². The molecule has 0 saturated heterocycles. The summed E-state index contributed by atoms with van der Waals surface area (Å²) in [7, 11) is 0. The van der Waals surface area contributed by atoms with Crippen LogP contribution in [0.4, 0.5) is 13.2 Å². The van der Waals surface area contributed by atoms with Gasteiger partial charge in [0, 0.05) is 11.7 Å². The molecule has 86 valence electrons. The van der Waals surface area contributed by atoms with Gasteiger partial charge in [-0.2, -0.15) is 18.3 Å². The highest BCUT2D eigenvalue weighted by Gasteiger charge is 2.38. The van der Waals surface area contributed by atoms with Gasteiger partial charge in [0.1, 0.15) is 0 Å². The van der Waals surface area contributed by atoms with Crippen LogP contribution in [0.2, 0.25) is 0 Å². The second-order valence-electron chi connectivity index (χ2n) is 3.50. The fourth-order valence-electron chi connectivity index (χ4n) is 1.44. The molecule has 6 heteroatoms. The van der Waals surface area contributed by atoms with E-state index in [1.807, 2.05) is 13.8 Å². The lowest BCUT2D eigenvalue weighted by molar-refractivity contribution is -0.143. The zero-order valence-electron chi connectivity index (χ0n) is 9.01. The molecule has 0 aliphatic carbocycles. The number of hydrogen-bond donors (Lipinski definition) is 0. The number of nitrogens with zero attached hydrogens (tertiary/aromatic N) is 2. The molecule has 0 fully saturated rings. The maximum atomic E-state index is 12.6. The summed E-state index contributed by atoms with van der Waals surface area (Å²) in [6.07, 6.45) is -2.74. The van der Waals surface area contributed by atoms with E-state index >= 15 is 0 Å². The van der Waals surface area contributed by atoms with Gasteiger partial charge < -0.3 is 0 Å². The van der Waals surface area contributed by atoms with E-state index in [-0.39, 0.29) is 10.9 Å². The summed E-state index contributed by atoms with van der Waals surface area (Å²) in [6, 6.07) is -0.0630. The van der Waals surface area contributed by atoms with E-state index in [1.54, 1.807) is 13.2 Å². The largest absolute Gasteiger partial charge is 0.436 e. The lowest BCUT2D eigenvalue weighted by Crippen LogP contribution is -2.10. The van der Waals surface area contributed by atoms with Gasteiger partial charge >= 0.3 is 6.18 Å². The fourth-order valence-corrected chi connectivity index (χ4v) is 2.17. The Hall–Kier alpha value is -0.650. The van der Waals surface area contributed by atoms with Crippen molar-refractivity contribution in [1.82, 2.24) is 9.78 Å². The summed E-state index contributed by atoms with van der Waals surface area (Å²) in [6.45, 7) is 5.28. The van der Waals surface area contributed by atoms with Crippen LogP contribution < -0.4 is 0 Å². The molecule has 1 heterocycles. The first-order valence-corrected chi connectivity index (χ1v) is 5.71. The van der Waals surface area contributed by atoms with Gasteiger partial charge in [-0.25, -0.2) is 0 Å². The molecule has 0 aliphatic rings. The Kier molecular flexibility index (Phi) is 3.38. The first-order valence-electron chi connectivity index (χ1n) is 4.49. The minimum absolute atomic E-state index is 0.0630. The second kappa shape index (κ2) is 4.08. The van der Waals surface area contributed by atoms with Crippen LogP contribution in [-0.2, 0) is 6.18 Å². The number of thioether (sulfide) groups is 1. The van der Waals surface area contributed by atoms with Gasteiger partial charge in [0.2, 0.25) is 0 Å². The summed E-state index contributed by atoms with van der Waals surface area (Å²) in [5, 5.41) is 3.62. The standard InChI is InChI=1S/C9H13F3N2S/c1-5(2)14-6(3)7(15-4)8(13-14)9(10,11)12/h5H,1-4H3. The average molecular weight is 238 g/mol. The van der Waals surface area contributed by atoms with E-state index in [9.17, 15) is 13.2 Å². The molecule has 0 atom stereocenters. The number of hydrogen-bond acceptors (Lipinski definition) is 2. The Labute approximate surface area is 90.8 Å². The Balaban J connectivity index is 3.35. The van der Waals surface area contributed by atoms with Gasteiger partial charge in [-0.3, -0.25) is 4.68 Å². The minimum atomic E-state index is -4.37. The first kappa shape index (κ1) is 12.4. The molecule has 2 nitrogen and oxygen atoms in total. The van der Waals surface area contributed by atoms with Gasteiger partial charge in [-0.1, -0.05) is 0 Å². The molecule has 0 aromatic carbocycles. The summed E-state index contributed by atoms with van der Waals surface area (Å²) in [5.41, 5.74) is -0.203. The third-order valence-electron chi connectivity index (χ3n) is 2.06. The fraction of sp³-hybridized carbons (Fsp3) is 0.667. The van der Waals surface area contributed by atoms with E-state index in [0.717, 1.165) is 11.8 Å². The predicted molar refractivity (Wildman–Crippen MR) is 54.1 cm³/mol. The highest BCUT2D eigenvalue weighted by Crippen LogP contribution is 2.37. The molecule has 1 aromatic heterocycles. The highest BCUT2D eigenvalue weighted by molar-refractivity contribution is 7.98. The van der Waals surface area contributed by atoms with Crippen molar-refractivity contribution < 1.29 is 13.2 Å². The Morgan fingerprint density at radius 3 is 2.13 bits per heavy atom. The molecular weight excluding hydrogens is 225 g/mol. The molecular formula is C9H13F3N2S. The molecule has 0 saturated carbocycles. The Bertz CT molecular complexity index is 355. The predicted octanol–water partition coefficient (Wildman–Crippen LogP) is 3.51. The maximum absolute atomic E-state index is 12.6. The SMILES string of the molecule is CSc1c(C(F)(F)F)nn(C(C)C)c1C. The molecule has 1 rings (SSSR count). The van der Waals surface area contributed by atoms with Crippen molar-refractivity contribution in [3.05, 3.63) is 11.4 Å². The molecule has 0 N–H and O–H groups in total. The average Bonchev–Trinajstić information content (AvgIpc) is 2.41. The molecule has 1 aromatic rings. The zero-order valence-corrected chi connectivity index (χ0v) is 9.83. The van der Waals surface area contributed by atoms with Gasteiger partial charge in [-0.15, -0.1) is 11.8 Å². The number of halogens is 3. The van der Waals surface area contributed by atoms with Crippen molar-refractivity contribution in [2.24, 2.45) is 0 Å². The van der Waals surface area contributed by atoms with Gasteiger partial charge in [0.05, 0.1) is 4.90 Å². The third kappa shape index (κ3) is 2.30. The quantitative estimate of drug-likeness (QED) is 0.734.